The molecular formula is C12H26N2O2. The topological polar surface area (TPSA) is 64.3 Å². The molecule has 0 spiro atoms. The van der Waals surface area contributed by atoms with Crippen LogP contribution in [0.5, 0.6) is 0 Å². The van der Waals surface area contributed by atoms with Crippen molar-refractivity contribution in [3.63, 3.8) is 0 Å². The van der Waals surface area contributed by atoms with Crippen molar-refractivity contribution in [1.29, 1.82) is 0 Å². The largest absolute Gasteiger partial charge is 0.381 e. The van der Waals surface area contributed by atoms with E-state index in [0.717, 1.165) is 12.8 Å². The van der Waals surface area contributed by atoms with Crippen LogP contribution in [-0.2, 0) is 9.53 Å². The molecule has 0 atom stereocenters. The molecule has 0 saturated carbocycles. The van der Waals surface area contributed by atoms with Crippen LogP contribution in [0.4, 0.5) is 0 Å². The quantitative estimate of drug-likeness (QED) is 0.587. The third-order valence-electron chi connectivity index (χ3n) is 2.50. The number of amides is 1. The molecule has 0 aliphatic heterocycles. The molecule has 0 radical (unpaired) electrons. The normalized spacial score (nSPS) is 11.5. The maximum atomic E-state index is 11.4. The van der Waals surface area contributed by atoms with Crippen molar-refractivity contribution >= 4 is 5.91 Å². The van der Waals surface area contributed by atoms with Crippen LogP contribution in [-0.4, -0.2) is 32.2 Å². The zero-order valence-corrected chi connectivity index (χ0v) is 10.8. The van der Waals surface area contributed by atoms with E-state index in [1.54, 1.807) is 0 Å². The number of ether oxygens (including phenoxy) is 1. The molecule has 4 nitrogen and oxygen atoms in total. The minimum atomic E-state index is 0.0641. The molecule has 0 unspecified atom stereocenters. The van der Waals surface area contributed by atoms with Crippen LogP contribution in [0.3, 0.4) is 0 Å². The van der Waals surface area contributed by atoms with E-state index < -0.39 is 0 Å². The molecule has 0 aliphatic rings. The fourth-order valence-electron chi connectivity index (χ4n) is 1.40. The Kier molecular flexibility index (Phi) is 8.21. The van der Waals surface area contributed by atoms with Gasteiger partial charge in [-0.1, -0.05) is 13.8 Å². The predicted molar refractivity (Wildman–Crippen MR) is 66.2 cm³/mol. The van der Waals surface area contributed by atoms with Gasteiger partial charge in [0.15, 0.2) is 0 Å². The molecule has 16 heavy (non-hydrogen) atoms. The van der Waals surface area contributed by atoms with Crippen LogP contribution in [0.15, 0.2) is 0 Å². The van der Waals surface area contributed by atoms with Crippen molar-refractivity contribution in [1.82, 2.24) is 5.32 Å². The Morgan fingerprint density at radius 1 is 1.44 bits per heavy atom. The van der Waals surface area contributed by atoms with Gasteiger partial charge in [0, 0.05) is 19.6 Å². The van der Waals surface area contributed by atoms with Gasteiger partial charge in [0.1, 0.15) is 0 Å². The monoisotopic (exact) mass is 230 g/mol. The summed E-state index contributed by atoms with van der Waals surface area (Å²) in [4.78, 5) is 11.4. The average molecular weight is 230 g/mol. The highest BCUT2D eigenvalue weighted by Crippen LogP contribution is 2.20. The van der Waals surface area contributed by atoms with E-state index in [9.17, 15) is 4.79 Å². The number of nitrogens with one attached hydrogen (secondary N) is 1. The summed E-state index contributed by atoms with van der Waals surface area (Å²) < 4.78 is 5.12. The lowest BCUT2D eigenvalue weighted by Gasteiger charge is -2.24. The summed E-state index contributed by atoms with van der Waals surface area (Å²) in [5.41, 5.74) is 5.59. The van der Waals surface area contributed by atoms with Crippen LogP contribution in [0.2, 0.25) is 0 Å². The number of carbonyl (C=O) groups excluding carboxylic acids is 1. The van der Waals surface area contributed by atoms with Gasteiger partial charge >= 0.3 is 0 Å². The molecule has 0 heterocycles. The Bertz CT molecular complexity index is 193. The fraction of sp³-hybridized carbons (Fsp3) is 0.917. The molecule has 1 amide bonds. The highest BCUT2D eigenvalue weighted by molar-refractivity contribution is 5.75. The van der Waals surface area contributed by atoms with E-state index in [2.05, 4.69) is 19.2 Å². The van der Waals surface area contributed by atoms with Gasteiger partial charge in [-0.05, 0) is 31.7 Å². The van der Waals surface area contributed by atoms with Crippen LogP contribution < -0.4 is 11.1 Å². The second-order valence-electron chi connectivity index (χ2n) is 4.78. The summed E-state index contributed by atoms with van der Waals surface area (Å²) in [5, 5.41) is 2.93. The predicted octanol–water partition coefficient (Wildman–Crippen LogP) is 1.29. The first kappa shape index (κ1) is 15.4. The highest BCUT2D eigenvalue weighted by atomic mass is 16.5. The first-order valence-corrected chi connectivity index (χ1v) is 6.06. The van der Waals surface area contributed by atoms with Gasteiger partial charge in [-0.3, -0.25) is 4.79 Å². The summed E-state index contributed by atoms with van der Waals surface area (Å²) in [7, 11) is 0. The molecule has 0 rings (SSSR count). The molecule has 0 saturated heterocycles. The van der Waals surface area contributed by atoms with Crippen molar-refractivity contribution < 1.29 is 9.53 Å². The van der Waals surface area contributed by atoms with Gasteiger partial charge in [0.2, 0.25) is 5.91 Å². The van der Waals surface area contributed by atoms with Gasteiger partial charge < -0.3 is 15.8 Å². The lowest BCUT2D eigenvalue weighted by Crippen LogP contribution is -2.34. The van der Waals surface area contributed by atoms with Crippen molar-refractivity contribution in [2.75, 3.05) is 26.3 Å². The number of nitrogens with two attached hydrogens (primary N) is 1. The molecule has 0 aromatic rings. The Labute approximate surface area is 98.9 Å². The average Bonchev–Trinajstić information content (AvgIpc) is 2.24. The van der Waals surface area contributed by atoms with Crippen molar-refractivity contribution in [3.05, 3.63) is 0 Å². The van der Waals surface area contributed by atoms with Crippen LogP contribution in [0, 0.1) is 5.41 Å². The molecule has 3 N–H and O–H groups in total. The number of hydrogen-bond acceptors (Lipinski definition) is 3. The maximum Gasteiger partial charge on any atom is 0.222 e. The summed E-state index contributed by atoms with van der Waals surface area (Å²) in [5.74, 6) is 0.0641. The van der Waals surface area contributed by atoms with Crippen molar-refractivity contribution in [3.8, 4) is 0 Å². The minimum absolute atomic E-state index is 0.0641. The number of rotatable bonds is 9. The van der Waals surface area contributed by atoms with Crippen LogP contribution in [0.1, 0.15) is 40.0 Å². The third kappa shape index (κ3) is 8.68. The molecule has 0 aromatic carbocycles. The zero-order valence-electron chi connectivity index (χ0n) is 10.8. The third-order valence-corrected chi connectivity index (χ3v) is 2.50. The zero-order chi connectivity index (χ0) is 12.4. The summed E-state index contributed by atoms with van der Waals surface area (Å²) >= 11 is 0. The minimum Gasteiger partial charge on any atom is -0.381 e. The first-order chi connectivity index (χ1) is 7.52. The van der Waals surface area contributed by atoms with Crippen molar-refractivity contribution in [2.45, 2.75) is 40.0 Å². The first-order valence-electron chi connectivity index (χ1n) is 6.06. The smallest absolute Gasteiger partial charge is 0.222 e. The van der Waals surface area contributed by atoms with E-state index in [1.807, 2.05) is 6.92 Å². The molecule has 0 aromatic heterocycles. The fourth-order valence-corrected chi connectivity index (χ4v) is 1.40. The molecule has 0 aliphatic carbocycles. The molecule has 4 heteroatoms. The second-order valence-corrected chi connectivity index (χ2v) is 4.78. The summed E-state index contributed by atoms with van der Waals surface area (Å²) in [6.45, 7) is 8.80. The van der Waals surface area contributed by atoms with E-state index in [0.29, 0.717) is 32.7 Å². The number of hydrogen-bond donors (Lipinski definition) is 2. The van der Waals surface area contributed by atoms with Crippen LogP contribution >= 0.6 is 0 Å². The van der Waals surface area contributed by atoms with Gasteiger partial charge in [-0.15, -0.1) is 0 Å². The lowest BCUT2D eigenvalue weighted by atomic mass is 9.88. The Balaban J connectivity index is 3.64. The van der Waals surface area contributed by atoms with E-state index in [4.69, 9.17) is 10.5 Å². The maximum absolute atomic E-state index is 11.4. The lowest BCUT2D eigenvalue weighted by molar-refractivity contribution is -0.122. The van der Waals surface area contributed by atoms with Gasteiger partial charge in [0.25, 0.3) is 0 Å². The molecule has 0 fully saturated rings. The van der Waals surface area contributed by atoms with Gasteiger partial charge in [0.05, 0.1) is 6.61 Å². The highest BCUT2D eigenvalue weighted by Gasteiger charge is 2.17. The number of carbonyl (C=O) groups is 1. The second kappa shape index (κ2) is 8.53. The van der Waals surface area contributed by atoms with Crippen molar-refractivity contribution in [2.24, 2.45) is 11.1 Å². The van der Waals surface area contributed by atoms with E-state index >= 15 is 0 Å². The molecular weight excluding hydrogens is 204 g/mol. The van der Waals surface area contributed by atoms with Gasteiger partial charge in [-0.2, -0.15) is 0 Å². The molecule has 96 valence electrons. The Morgan fingerprint density at radius 2 is 2.12 bits per heavy atom. The van der Waals surface area contributed by atoms with Crippen LogP contribution in [0.25, 0.3) is 0 Å². The standard InChI is InChI=1S/C12H26N2O2/c1-4-16-9-6-11(15)14-10-12(2,3)7-5-8-13/h4-10,13H2,1-3H3,(H,14,15). The Morgan fingerprint density at radius 3 is 2.69 bits per heavy atom. The summed E-state index contributed by atoms with van der Waals surface area (Å²) in [6.07, 6.45) is 2.48. The Hall–Kier alpha value is -0.610. The summed E-state index contributed by atoms with van der Waals surface area (Å²) in [6, 6.07) is 0. The SMILES string of the molecule is CCOCCC(=O)NCC(C)(C)CCCN. The van der Waals surface area contributed by atoms with Gasteiger partial charge in [-0.25, -0.2) is 0 Å². The van der Waals surface area contributed by atoms with E-state index in [1.165, 1.54) is 0 Å². The van der Waals surface area contributed by atoms with E-state index in [-0.39, 0.29) is 11.3 Å². The molecule has 0 bridgehead atoms.